The zero-order valence-electron chi connectivity index (χ0n) is 9.67. The van der Waals surface area contributed by atoms with Gasteiger partial charge in [0, 0.05) is 25.2 Å². The lowest BCUT2D eigenvalue weighted by molar-refractivity contribution is 0.295. The van der Waals surface area contributed by atoms with E-state index in [0.717, 1.165) is 44.0 Å². The van der Waals surface area contributed by atoms with Crippen LogP contribution in [0.25, 0.3) is 0 Å². The molecule has 3 heterocycles. The zero-order valence-corrected chi connectivity index (χ0v) is 9.67. The van der Waals surface area contributed by atoms with E-state index in [2.05, 4.69) is 16.0 Å². The summed E-state index contributed by atoms with van der Waals surface area (Å²) in [7, 11) is 0. The van der Waals surface area contributed by atoms with Crippen LogP contribution in [0.4, 0.5) is 5.82 Å². The SMILES string of the molecule is N#CC1CCC2CCOc3cccnc3N2C1. The summed E-state index contributed by atoms with van der Waals surface area (Å²) in [5.74, 6) is 1.89. The average molecular weight is 229 g/mol. The lowest BCUT2D eigenvalue weighted by atomic mass is 9.92. The smallest absolute Gasteiger partial charge is 0.171 e. The second-order valence-corrected chi connectivity index (χ2v) is 4.67. The maximum absolute atomic E-state index is 9.07. The number of pyridine rings is 1. The molecule has 88 valence electrons. The Bertz CT molecular complexity index is 454. The minimum Gasteiger partial charge on any atom is -0.490 e. The van der Waals surface area contributed by atoms with Gasteiger partial charge in [-0.05, 0) is 25.0 Å². The number of piperidine rings is 1. The highest BCUT2D eigenvalue weighted by molar-refractivity contribution is 5.54. The minimum absolute atomic E-state index is 0.124. The molecule has 4 heteroatoms. The predicted molar refractivity (Wildman–Crippen MR) is 63.8 cm³/mol. The zero-order chi connectivity index (χ0) is 11.7. The van der Waals surface area contributed by atoms with Gasteiger partial charge in [0.1, 0.15) is 0 Å². The van der Waals surface area contributed by atoms with Gasteiger partial charge in [-0.15, -0.1) is 0 Å². The van der Waals surface area contributed by atoms with Crippen molar-refractivity contribution in [2.45, 2.75) is 25.3 Å². The van der Waals surface area contributed by atoms with Gasteiger partial charge in [-0.1, -0.05) is 0 Å². The van der Waals surface area contributed by atoms with E-state index in [4.69, 9.17) is 10.00 Å². The summed E-state index contributed by atoms with van der Waals surface area (Å²) in [6.07, 6.45) is 4.88. The maximum Gasteiger partial charge on any atom is 0.171 e. The molecule has 2 aliphatic heterocycles. The van der Waals surface area contributed by atoms with Crippen molar-refractivity contribution >= 4 is 5.82 Å². The van der Waals surface area contributed by atoms with Crippen LogP contribution in [0.5, 0.6) is 5.75 Å². The molecular formula is C13H15N3O. The Morgan fingerprint density at radius 3 is 3.24 bits per heavy atom. The molecule has 0 amide bonds. The number of nitriles is 1. The number of ether oxygens (including phenoxy) is 1. The molecule has 0 radical (unpaired) electrons. The number of aromatic nitrogens is 1. The molecule has 2 aliphatic rings. The van der Waals surface area contributed by atoms with Crippen molar-refractivity contribution in [3.05, 3.63) is 18.3 Å². The van der Waals surface area contributed by atoms with E-state index in [-0.39, 0.29) is 5.92 Å². The molecule has 0 N–H and O–H groups in total. The summed E-state index contributed by atoms with van der Waals surface area (Å²) in [4.78, 5) is 6.69. The second kappa shape index (κ2) is 4.25. The Labute approximate surface area is 101 Å². The molecule has 1 aromatic rings. The van der Waals surface area contributed by atoms with Crippen LogP contribution >= 0.6 is 0 Å². The van der Waals surface area contributed by atoms with Crippen LogP contribution in [0, 0.1) is 17.2 Å². The Balaban J connectivity index is 1.96. The first-order valence-electron chi connectivity index (χ1n) is 6.12. The lowest BCUT2D eigenvalue weighted by Gasteiger charge is -2.37. The molecule has 17 heavy (non-hydrogen) atoms. The molecule has 0 aromatic carbocycles. The number of hydrogen-bond donors (Lipinski definition) is 0. The summed E-state index contributed by atoms with van der Waals surface area (Å²) >= 11 is 0. The van der Waals surface area contributed by atoms with Crippen LogP contribution in [-0.2, 0) is 0 Å². The molecule has 2 atom stereocenters. The van der Waals surface area contributed by atoms with Gasteiger partial charge >= 0.3 is 0 Å². The molecule has 0 aliphatic carbocycles. The maximum atomic E-state index is 9.07. The quantitative estimate of drug-likeness (QED) is 0.682. The molecule has 4 nitrogen and oxygen atoms in total. The Morgan fingerprint density at radius 1 is 1.41 bits per heavy atom. The van der Waals surface area contributed by atoms with Crippen molar-refractivity contribution < 1.29 is 4.74 Å². The summed E-state index contributed by atoms with van der Waals surface area (Å²) < 4.78 is 5.72. The fourth-order valence-electron chi connectivity index (χ4n) is 2.71. The van der Waals surface area contributed by atoms with Gasteiger partial charge in [-0.25, -0.2) is 4.98 Å². The van der Waals surface area contributed by atoms with Crippen molar-refractivity contribution in [3.63, 3.8) is 0 Å². The average Bonchev–Trinajstić information content (AvgIpc) is 2.57. The highest BCUT2D eigenvalue weighted by atomic mass is 16.5. The molecule has 1 fully saturated rings. The van der Waals surface area contributed by atoms with Crippen LogP contribution in [-0.4, -0.2) is 24.2 Å². The molecule has 0 saturated carbocycles. The third kappa shape index (κ3) is 1.82. The molecule has 1 aromatic heterocycles. The first-order chi connectivity index (χ1) is 8.38. The van der Waals surface area contributed by atoms with E-state index in [1.807, 2.05) is 12.1 Å². The van der Waals surface area contributed by atoms with Crippen LogP contribution in [0.1, 0.15) is 19.3 Å². The third-order valence-electron chi connectivity index (χ3n) is 3.62. The summed E-state index contributed by atoms with van der Waals surface area (Å²) in [6, 6.07) is 6.71. The summed E-state index contributed by atoms with van der Waals surface area (Å²) in [6.45, 7) is 1.53. The van der Waals surface area contributed by atoms with Crippen molar-refractivity contribution in [1.82, 2.24) is 4.98 Å². The van der Waals surface area contributed by atoms with E-state index >= 15 is 0 Å². The Hall–Kier alpha value is -1.76. The summed E-state index contributed by atoms with van der Waals surface area (Å²) in [5.41, 5.74) is 0. The van der Waals surface area contributed by atoms with E-state index in [1.165, 1.54) is 0 Å². The number of nitrogens with zero attached hydrogens (tertiary/aromatic N) is 3. The van der Waals surface area contributed by atoms with Gasteiger partial charge in [0.05, 0.1) is 18.6 Å². The van der Waals surface area contributed by atoms with Crippen LogP contribution < -0.4 is 9.64 Å². The van der Waals surface area contributed by atoms with Gasteiger partial charge in [0.15, 0.2) is 11.6 Å². The van der Waals surface area contributed by atoms with Gasteiger partial charge in [0.2, 0.25) is 0 Å². The predicted octanol–water partition coefficient (Wildman–Crippen LogP) is 1.97. The largest absolute Gasteiger partial charge is 0.490 e. The van der Waals surface area contributed by atoms with Crippen LogP contribution in [0.3, 0.4) is 0 Å². The van der Waals surface area contributed by atoms with E-state index < -0.39 is 0 Å². The second-order valence-electron chi connectivity index (χ2n) is 4.67. The highest BCUT2D eigenvalue weighted by Gasteiger charge is 2.32. The number of anilines is 1. The van der Waals surface area contributed by atoms with Gasteiger partial charge in [-0.3, -0.25) is 0 Å². The van der Waals surface area contributed by atoms with Crippen molar-refractivity contribution in [1.29, 1.82) is 5.26 Å². The Morgan fingerprint density at radius 2 is 2.35 bits per heavy atom. The van der Waals surface area contributed by atoms with E-state index in [9.17, 15) is 0 Å². The standard InChI is InChI=1S/C13H15N3O/c14-8-10-3-4-11-5-7-17-12-2-1-6-15-13(12)16(11)9-10/h1-2,6,10-11H,3-5,7,9H2. The van der Waals surface area contributed by atoms with Crippen molar-refractivity contribution in [2.75, 3.05) is 18.1 Å². The topological polar surface area (TPSA) is 49.1 Å². The molecule has 3 rings (SSSR count). The highest BCUT2D eigenvalue weighted by Crippen LogP contribution is 2.35. The number of fused-ring (bicyclic) bond motifs is 3. The first kappa shape index (κ1) is 10.4. The number of hydrogen-bond acceptors (Lipinski definition) is 4. The fourth-order valence-corrected chi connectivity index (χ4v) is 2.71. The van der Waals surface area contributed by atoms with Gasteiger partial charge < -0.3 is 9.64 Å². The van der Waals surface area contributed by atoms with Crippen molar-refractivity contribution in [3.8, 4) is 11.8 Å². The molecule has 0 spiro atoms. The van der Waals surface area contributed by atoms with E-state index in [0.29, 0.717) is 6.04 Å². The Kier molecular flexibility index (Phi) is 2.60. The molecule has 1 saturated heterocycles. The molecule has 0 bridgehead atoms. The summed E-state index contributed by atoms with van der Waals surface area (Å²) in [5, 5.41) is 9.07. The van der Waals surface area contributed by atoms with Crippen molar-refractivity contribution in [2.24, 2.45) is 5.92 Å². The fraction of sp³-hybridized carbons (Fsp3) is 0.538. The first-order valence-corrected chi connectivity index (χ1v) is 6.12. The number of rotatable bonds is 0. The molecule has 2 unspecified atom stereocenters. The minimum atomic E-state index is 0.124. The van der Waals surface area contributed by atoms with Crippen LogP contribution in [0.2, 0.25) is 0 Å². The van der Waals surface area contributed by atoms with E-state index in [1.54, 1.807) is 6.20 Å². The van der Waals surface area contributed by atoms with Gasteiger partial charge in [0.25, 0.3) is 0 Å². The third-order valence-corrected chi connectivity index (χ3v) is 3.62. The normalized spacial score (nSPS) is 27.1. The molecular weight excluding hydrogens is 214 g/mol. The van der Waals surface area contributed by atoms with Gasteiger partial charge in [-0.2, -0.15) is 5.26 Å². The van der Waals surface area contributed by atoms with Crippen LogP contribution in [0.15, 0.2) is 18.3 Å². The lowest BCUT2D eigenvalue weighted by Crippen LogP contribution is -2.43. The monoisotopic (exact) mass is 229 g/mol.